The van der Waals surface area contributed by atoms with Crippen molar-refractivity contribution in [3.05, 3.63) is 29.8 Å². The molecule has 0 fully saturated rings. The first-order chi connectivity index (χ1) is 7.70. The van der Waals surface area contributed by atoms with Crippen molar-refractivity contribution in [1.29, 1.82) is 0 Å². The summed E-state index contributed by atoms with van der Waals surface area (Å²) >= 11 is 1.87. The Morgan fingerprint density at radius 1 is 1.06 bits per heavy atom. The van der Waals surface area contributed by atoms with Crippen LogP contribution in [0, 0.1) is 6.92 Å². The van der Waals surface area contributed by atoms with E-state index in [2.05, 4.69) is 6.26 Å². The summed E-state index contributed by atoms with van der Waals surface area (Å²) in [7, 11) is 0. The molecule has 0 amide bonds. The van der Waals surface area contributed by atoms with Crippen LogP contribution in [0.25, 0.3) is 0 Å². The van der Waals surface area contributed by atoms with Crippen molar-refractivity contribution >= 4 is 11.8 Å². The molecule has 0 aromatic heterocycles. The standard InChI is InChI=1S/C7H8O.C6H14OS/c1-6-2-4-7(8)5-3-6;1-8-6-4-2-3-5-7/h2-5,8H,1H3;7H,2-6H2,1H3. The van der Waals surface area contributed by atoms with Crippen molar-refractivity contribution in [2.75, 3.05) is 18.6 Å². The maximum absolute atomic E-state index is 8.76. The first kappa shape index (κ1) is 15.3. The van der Waals surface area contributed by atoms with Crippen LogP contribution in [0.2, 0.25) is 0 Å². The smallest absolute Gasteiger partial charge is 0.115 e. The normalized spacial score (nSPS) is 9.44. The fourth-order valence-electron chi connectivity index (χ4n) is 1.08. The number of aryl methyl sites for hydroxylation is 1. The SMILES string of the molecule is CSCCCCCO.Cc1ccc(O)cc1. The Bertz CT molecular complexity index is 220. The van der Waals surface area contributed by atoms with Crippen LogP contribution in [0.3, 0.4) is 0 Å². The van der Waals surface area contributed by atoms with Gasteiger partial charge in [0.1, 0.15) is 5.75 Å². The van der Waals surface area contributed by atoms with E-state index in [-0.39, 0.29) is 0 Å². The summed E-state index contributed by atoms with van der Waals surface area (Å²) in [6, 6.07) is 7.09. The maximum atomic E-state index is 8.76. The molecule has 0 spiro atoms. The number of thioether (sulfide) groups is 1. The number of rotatable bonds is 5. The van der Waals surface area contributed by atoms with Crippen LogP contribution in [0.5, 0.6) is 5.75 Å². The predicted molar refractivity (Wildman–Crippen MR) is 72.2 cm³/mol. The van der Waals surface area contributed by atoms with E-state index in [0.29, 0.717) is 12.4 Å². The summed E-state index contributed by atoms with van der Waals surface area (Å²) in [6.45, 7) is 2.34. The Morgan fingerprint density at radius 2 is 1.69 bits per heavy atom. The first-order valence-corrected chi connectivity index (χ1v) is 6.95. The van der Waals surface area contributed by atoms with Gasteiger partial charge in [0.25, 0.3) is 0 Å². The van der Waals surface area contributed by atoms with E-state index in [1.807, 2.05) is 30.8 Å². The molecule has 0 bridgehead atoms. The fourth-order valence-corrected chi connectivity index (χ4v) is 1.57. The third-order valence-electron chi connectivity index (χ3n) is 2.04. The Balaban J connectivity index is 0.000000281. The molecule has 0 radical (unpaired) electrons. The van der Waals surface area contributed by atoms with Gasteiger partial charge in [-0.25, -0.2) is 0 Å². The van der Waals surface area contributed by atoms with Gasteiger partial charge in [-0.15, -0.1) is 0 Å². The molecule has 92 valence electrons. The van der Waals surface area contributed by atoms with Crippen LogP contribution >= 0.6 is 11.8 Å². The van der Waals surface area contributed by atoms with Crippen molar-refractivity contribution < 1.29 is 10.2 Å². The minimum absolute atomic E-state index is 0.329. The van der Waals surface area contributed by atoms with E-state index in [1.54, 1.807) is 12.1 Å². The Labute approximate surface area is 103 Å². The molecular formula is C13H22O2S. The molecule has 1 aromatic rings. The molecule has 2 N–H and O–H groups in total. The van der Waals surface area contributed by atoms with E-state index in [4.69, 9.17) is 10.2 Å². The fraction of sp³-hybridized carbons (Fsp3) is 0.538. The number of aromatic hydroxyl groups is 1. The number of hydrogen-bond acceptors (Lipinski definition) is 3. The first-order valence-electron chi connectivity index (χ1n) is 5.56. The lowest BCUT2D eigenvalue weighted by Crippen LogP contribution is -1.83. The van der Waals surface area contributed by atoms with E-state index >= 15 is 0 Å². The van der Waals surface area contributed by atoms with E-state index in [1.165, 1.54) is 24.2 Å². The van der Waals surface area contributed by atoms with Crippen molar-refractivity contribution in [2.45, 2.75) is 26.2 Å². The van der Waals surface area contributed by atoms with Crippen LogP contribution in [0.1, 0.15) is 24.8 Å². The Morgan fingerprint density at radius 3 is 2.12 bits per heavy atom. The highest BCUT2D eigenvalue weighted by molar-refractivity contribution is 7.98. The second kappa shape index (κ2) is 10.8. The summed E-state index contributed by atoms with van der Waals surface area (Å²) in [6.07, 6.45) is 5.51. The molecule has 0 aliphatic heterocycles. The third kappa shape index (κ3) is 9.87. The summed E-state index contributed by atoms with van der Waals surface area (Å²) in [5.74, 6) is 1.57. The number of hydrogen-bond donors (Lipinski definition) is 2. The van der Waals surface area contributed by atoms with Gasteiger partial charge in [0.2, 0.25) is 0 Å². The van der Waals surface area contributed by atoms with Crippen molar-refractivity contribution in [2.24, 2.45) is 0 Å². The molecule has 3 heteroatoms. The van der Waals surface area contributed by atoms with Crippen molar-refractivity contribution in [1.82, 2.24) is 0 Å². The van der Waals surface area contributed by atoms with E-state index in [9.17, 15) is 0 Å². The van der Waals surface area contributed by atoms with Gasteiger partial charge < -0.3 is 10.2 Å². The maximum Gasteiger partial charge on any atom is 0.115 e. The largest absolute Gasteiger partial charge is 0.508 e. The van der Waals surface area contributed by atoms with Gasteiger partial charge in [-0.1, -0.05) is 24.1 Å². The highest BCUT2D eigenvalue weighted by Crippen LogP contribution is 2.07. The Hall–Kier alpha value is -0.670. The third-order valence-corrected chi connectivity index (χ3v) is 2.74. The molecule has 0 atom stereocenters. The van der Waals surface area contributed by atoms with Gasteiger partial charge in [0, 0.05) is 6.61 Å². The predicted octanol–water partition coefficient (Wildman–Crippen LogP) is 3.21. The van der Waals surface area contributed by atoms with Crippen LogP contribution in [0.4, 0.5) is 0 Å². The molecule has 0 heterocycles. The summed E-state index contributed by atoms with van der Waals surface area (Å²) in [5, 5.41) is 17.1. The van der Waals surface area contributed by atoms with Crippen LogP contribution in [-0.4, -0.2) is 28.8 Å². The molecule has 0 saturated carbocycles. The van der Waals surface area contributed by atoms with Gasteiger partial charge >= 0.3 is 0 Å². The molecular weight excluding hydrogens is 220 g/mol. The monoisotopic (exact) mass is 242 g/mol. The number of aliphatic hydroxyl groups is 1. The molecule has 2 nitrogen and oxygen atoms in total. The van der Waals surface area contributed by atoms with Gasteiger partial charge in [-0.3, -0.25) is 0 Å². The lowest BCUT2D eigenvalue weighted by Gasteiger charge is -1.93. The topological polar surface area (TPSA) is 40.5 Å². The molecule has 0 unspecified atom stereocenters. The lowest BCUT2D eigenvalue weighted by atomic mass is 10.2. The van der Waals surface area contributed by atoms with Gasteiger partial charge in [-0.2, -0.15) is 11.8 Å². The highest BCUT2D eigenvalue weighted by Gasteiger charge is 1.84. The average molecular weight is 242 g/mol. The van der Waals surface area contributed by atoms with Crippen LogP contribution < -0.4 is 0 Å². The zero-order valence-corrected chi connectivity index (χ0v) is 11.0. The number of benzene rings is 1. The molecule has 0 saturated heterocycles. The summed E-state index contributed by atoms with van der Waals surface area (Å²) in [5.41, 5.74) is 1.17. The van der Waals surface area contributed by atoms with Crippen molar-refractivity contribution in [3.8, 4) is 5.75 Å². The van der Waals surface area contributed by atoms with E-state index < -0.39 is 0 Å². The summed E-state index contributed by atoms with van der Waals surface area (Å²) in [4.78, 5) is 0. The minimum atomic E-state index is 0.329. The van der Waals surface area contributed by atoms with E-state index in [0.717, 1.165) is 6.42 Å². The zero-order chi connectivity index (χ0) is 12.2. The van der Waals surface area contributed by atoms with Crippen LogP contribution in [-0.2, 0) is 0 Å². The Kier molecular flexibility index (Phi) is 10.4. The number of aliphatic hydroxyl groups excluding tert-OH is 1. The second-order valence-corrected chi connectivity index (χ2v) is 4.60. The summed E-state index contributed by atoms with van der Waals surface area (Å²) < 4.78 is 0. The second-order valence-electron chi connectivity index (χ2n) is 3.61. The molecule has 0 aliphatic rings. The molecule has 1 aromatic carbocycles. The molecule has 0 aliphatic carbocycles. The van der Waals surface area contributed by atoms with Crippen molar-refractivity contribution in [3.63, 3.8) is 0 Å². The highest BCUT2D eigenvalue weighted by atomic mass is 32.2. The molecule has 16 heavy (non-hydrogen) atoms. The average Bonchev–Trinajstić information content (AvgIpc) is 2.30. The quantitative estimate of drug-likeness (QED) is 0.779. The lowest BCUT2D eigenvalue weighted by molar-refractivity contribution is 0.284. The number of unbranched alkanes of at least 4 members (excludes halogenated alkanes) is 2. The van der Waals surface area contributed by atoms with Gasteiger partial charge in [0.15, 0.2) is 0 Å². The zero-order valence-electron chi connectivity index (χ0n) is 10.1. The van der Waals surface area contributed by atoms with Gasteiger partial charge in [-0.05, 0) is 43.9 Å². The minimum Gasteiger partial charge on any atom is -0.508 e. The number of phenols is 1. The van der Waals surface area contributed by atoms with Crippen LogP contribution in [0.15, 0.2) is 24.3 Å². The molecule has 1 rings (SSSR count). The van der Waals surface area contributed by atoms with Gasteiger partial charge in [0.05, 0.1) is 0 Å². The number of phenolic OH excluding ortho intramolecular Hbond substituents is 1.